The zero-order valence-corrected chi connectivity index (χ0v) is 14.4. The summed E-state index contributed by atoms with van der Waals surface area (Å²) in [6, 6.07) is 11.7. The van der Waals surface area contributed by atoms with Crippen LogP contribution in [0.1, 0.15) is 12.0 Å². The molecule has 8 heteroatoms. The van der Waals surface area contributed by atoms with Gasteiger partial charge in [-0.05, 0) is 36.4 Å². The minimum Gasteiger partial charge on any atom is -0.326 e. The number of alkyl halides is 3. The average Bonchev–Trinajstić information content (AvgIpc) is 2.60. The number of halogens is 3. The zero-order chi connectivity index (χ0) is 18.7. The number of nitrogens with one attached hydrogen (secondary N) is 1. The van der Waals surface area contributed by atoms with Crippen LogP contribution in [0.3, 0.4) is 0 Å². The number of thioether (sulfide) groups is 1. The summed E-state index contributed by atoms with van der Waals surface area (Å²) in [4.78, 5) is 26.8. The Labute approximate surface area is 152 Å². The van der Waals surface area contributed by atoms with E-state index < -0.39 is 11.7 Å². The van der Waals surface area contributed by atoms with Crippen molar-refractivity contribution in [1.82, 2.24) is 0 Å². The number of benzene rings is 2. The second-order valence-corrected chi connectivity index (χ2v) is 6.69. The van der Waals surface area contributed by atoms with Gasteiger partial charge in [0.05, 0.1) is 17.0 Å². The fraction of sp³-hybridized carbons (Fsp3) is 0.222. The molecule has 4 nitrogen and oxygen atoms in total. The number of amides is 2. The van der Waals surface area contributed by atoms with E-state index in [1.54, 1.807) is 4.90 Å². The second kappa shape index (κ2) is 7.41. The van der Waals surface area contributed by atoms with Crippen LogP contribution >= 0.6 is 11.8 Å². The lowest BCUT2D eigenvalue weighted by Gasteiger charge is -2.28. The van der Waals surface area contributed by atoms with Gasteiger partial charge in [-0.15, -0.1) is 11.8 Å². The van der Waals surface area contributed by atoms with Crippen molar-refractivity contribution >= 4 is 35.0 Å². The van der Waals surface area contributed by atoms with Crippen LogP contribution in [0.4, 0.5) is 24.5 Å². The lowest BCUT2D eigenvalue weighted by Crippen LogP contribution is -2.37. The highest BCUT2D eigenvalue weighted by molar-refractivity contribution is 8.00. The highest BCUT2D eigenvalue weighted by atomic mass is 32.2. The molecule has 0 atom stereocenters. The molecule has 0 spiro atoms. The number of hydrogen-bond donors (Lipinski definition) is 1. The standard InChI is InChI=1S/C18H15F3N2O2S/c19-18(20,21)12-5-7-13(8-6-12)22-16(24)9-10-23-14-3-1-2-4-15(14)26-11-17(23)25/h1-8H,9-11H2,(H,22,24). The third-order valence-corrected chi connectivity index (χ3v) is 4.91. The molecule has 0 unspecified atom stereocenters. The molecule has 2 aromatic carbocycles. The molecule has 1 N–H and O–H groups in total. The summed E-state index contributed by atoms with van der Waals surface area (Å²) in [5.41, 5.74) is 0.281. The van der Waals surface area contributed by atoms with Crippen LogP contribution in [-0.2, 0) is 15.8 Å². The van der Waals surface area contributed by atoms with Crippen molar-refractivity contribution in [3.05, 3.63) is 54.1 Å². The fourth-order valence-electron chi connectivity index (χ4n) is 2.58. The van der Waals surface area contributed by atoms with Crippen molar-refractivity contribution in [2.75, 3.05) is 22.5 Å². The quantitative estimate of drug-likeness (QED) is 0.866. The highest BCUT2D eigenvalue weighted by Gasteiger charge is 2.30. The van der Waals surface area contributed by atoms with Crippen LogP contribution in [0, 0.1) is 0 Å². The Balaban J connectivity index is 1.60. The predicted molar refractivity (Wildman–Crippen MR) is 94.2 cm³/mol. The van der Waals surface area contributed by atoms with E-state index in [0.29, 0.717) is 5.75 Å². The highest BCUT2D eigenvalue weighted by Crippen LogP contribution is 2.35. The van der Waals surface area contributed by atoms with Gasteiger partial charge in [-0.2, -0.15) is 13.2 Å². The van der Waals surface area contributed by atoms with Gasteiger partial charge in [0.15, 0.2) is 0 Å². The Morgan fingerprint density at radius 3 is 2.50 bits per heavy atom. The topological polar surface area (TPSA) is 49.4 Å². The molecule has 0 aromatic heterocycles. The maximum absolute atomic E-state index is 12.5. The van der Waals surface area contributed by atoms with E-state index in [4.69, 9.17) is 0 Å². The number of nitrogens with zero attached hydrogens (tertiary/aromatic N) is 1. The maximum atomic E-state index is 12.5. The third-order valence-electron chi connectivity index (χ3n) is 3.87. The molecule has 0 aliphatic carbocycles. The van der Waals surface area contributed by atoms with Gasteiger partial charge in [-0.1, -0.05) is 12.1 Å². The second-order valence-electron chi connectivity index (χ2n) is 5.68. The molecule has 2 aromatic rings. The summed E-state index contributed by atoms with van der Waals surface area (Å²) in [6.07, 6.45) is -4.37. The Hall–Kier alpha value is -2.48. The first-order chi connectivity index (χ1) is 12.3. The summed E-state index contributed by atoms with van der Waals surface area (Å²) in [5, 5.41) is 2.55. The molecule has 1 aliphatic heterocycles. The first-order valence-corrected chi connectivity index (χ1v) is 8.82. The van der Waals surface area contributed by atoms with Crippen LogP contribution in [0.2, 0.25) is 0 Å². The molecule has 3 rings (SSSR count). The summed E-state index contributed by atoms with van der Waals surface area (Å²) >= 11 is 1.46. The molecule has 1 aliphatic rings. The minimum absolute atomic E-state index is 0.0474. The first-order valence-electron chi connectivity index (χ1n) is 7.84. The Kier molecular flexibility index (Phi) is 5.22. The van der Waals surface area contributed by atoms with Gasteiger partial charge < -0.3 is 10.2 Å². The molecular weight excluding hydrogens is 365 g/mol. The molecule has 136 valence electrons. The lowest BCUT2D eigenvalue weighted by molar-refractivity contribution is -0.137. The average molecular weight is 380 g/mol. The minimum atomic E-state index is -4.41. The number of carbonyl (C=O) groups excluding carboxylic acids is 2. The molecule has 0 bridgehead atoms. The van der Waals surface area contributed by atoms with E-state index in [-0.39, 0.29) is 30.5 Å². The van der Waals surface area contributed by atoms with E-state index in [9.17, 15) is 22.8 Å². The van der Waals surface area contributed by atoms with E-state index in [1.807, 2.05) is 24.3 Å². The number of rotatable bonds is 4. The largest absolute Gasteiger partial charge is 0.416 e. The molecule has 26 heavy (non-hydrogen) atoms. The normalized spacial score (nSPS) is 14.1. The molecule has 0 saturated carbocycles. The van der Waals surface area contributed by atoms with E-state index in [1.165, 1.54) is 23.9 Å². The van der Waals surface area contributed by atoms with Gasteiger partial charge in [0.1, 0.15) is 0 Å². The number of fused-ring (bicyclic) bond motifs is 1. The molecule has 2 amide bonds. The fourth-order valence-corrected chi connectivity index (χ4v) is 3.51. The Morgan fingerprint density at radius 2 is 1.81 bits per heavy atom. The summed E-state index contributed by atoms with van der Waals surface area (Å²) in [5.74, 6) is -0.123. The maximum Gasteiger partial charge on any atom is 0.416 e. The van der Waals surface area contributed by atoms with Gasteiger partial charge in [-0.3, -0.25) is 9.59 Å². The van der Waals surface area contributed by atoms with Crippen molar-refractivity contribution in [3.8, 4) is 0 Å². The molecule has 0 radical (unpaired) electrons. The van der Waals surface area contributed by atoms with Gasteiger partial charge >= 0.3 is 6.18 Å². The third kappa shape index (κ3) is 4.19. The molecule has 1 heterocycles. The van der Waals surface area contributed by atoms with Crippen molar-refractivity contribution < 1.29 is 22.8 Å². The first kappa shape index (κ1) is 18.3. The Morgan fingerprint density at radius 1 is 1.12 bits per heavy atom. The number of anilines is 2. The smallest absolute Gasteiger partial charge is 0.326 e. The molecule has 0 saturated heterocycles. The number of carbonyl (C=O) groups is 2. The zero-order valence-electron chi connectivity index (χ0n) is 13.5. The van der Waals surface area contributed by atoms with Crippen LogP contribution < -0.4 is 10.2 Å². The summed E-state index contributed by atoms with van der Waals surface area (Å²) < 4.78 is 37.6. The predicted octanol–water partition coefficient (Wildman–Crippen LogP) is 4.17. The number of hydrogen-bond acceptors (Lipinski definition) is 3. The van der Waals surface area contributed by atoms with Crippen molar-refractivity contribution in [1.29, 1.82) is 0 Å². The van der Waals surface area contributed by atoms with Gasteiger partial charge in [0, 0.05) is 23.5 Å². The van der Waals surface area contributed by atoms with Crippen LogP contribution in [0.25, 0.3) is 0 Å². The summed E-state index contributed by atoms with van der Waals surface area (Å²) in [7, 11) is 0. The van der Waals surface area contributed by atoms with Crippen molar-refractivity contribution in [2.45, 2.75) is 17.5 Å². The van der Waals surface area contributed by atoms with Crippen molar-refractivity contribution in [2.24, 2.45) is 0 Å². The molecular formula is C18H15F3N2O2S. The SMILES string of the molecule is O=C(CCN1C(=O)CSc2ccccc21)Nc1ccc(C(F)(F)F)cc1. The molecule has 0 fully saturated rings. The van der Waals surface area contributed by atoms with Gasteiger partial charge in [0.2, 0.25) is 11.8 Å². The van der Waals surface area contributed by atoms with Crippen LogP contribution in [0.15, 0.2) is 53.4 Å². The lowest BCUT2D eigenvalue weighted by atomic mass is 10.2. The van der Waals surface area contributed by atoms with Gasteiger partial charge in [0.25, 0.3) is 0 Å². The number of para-hydroxylation sites is 1. The monoisotopic (exact) mass is 380 g/mol. The van der Waals surface area contributed by atoms with E-state index >= 15 is 0 Å². The summed E-state index contributed by atoms with van der Waals surface area (Å²) in [6.45, 7) is 0.211. The van der Waals surface area contributed by atoms with E-state index in [2.05, 4.69) is 5.32 Å². The van der Waals surface area contributed by atoms with Crippen molar-refractivity contribution in [3.63, 3.8) is 0 Å². The van der Waals surface area contributed by atoms with Crippen LogP contribution in [0.5, 0.6) is 0 Å². The van der Waals surface area contributed by atoms with Gasteiger partial charge in [-0.25, -0.2) is 0 Å². The Bertz CT molecular complexity index is 822. The van der Waals surface area contributed by atoms with E-state index in [0.717, 1.165) is 22.7 Å². The van der Waals surface area contributed by atoms with Crippen LogP contribution in [-0.4, -0.2) is 24.1 Å².